The Balaban J connectivity index is 0.000000419. The predicted octanol–water partition coefficient (Wildman–Crippen LogP) is 5.31. The smallest absolute Gasteiger partial charge is 0.311 e. The number of nitro benzene ring substituents is 1. The highest BCUT2D eigenvalue weighted by Gasteiger charge is 2.26. The highest BCUT2D eigenvalue weighted by molar-refractivity contribution is 5.67. The fourth-order valence-electron chi connectivity index (χ4n) is 6.12. The summed E-state index contributed by atoms with van der Waals surface area (Å²) >= 11 is 0. The second kappa shape index (κ2) is 19.3. The van der Waals surface area contributed by atoms with Gasteiger partial charge in [-0.15, -0.1) is 0 Å². The SMILES string of the molecule is C.CCc1cc(N)c(OC)cc1N1CCC(N(C)C)CC1.CCc1cc([N+](=O)[O-])c(OC)cc1N1CCC(N(C)C)CC1.CO. The largest absolute Gasteiger partial charge is 0.495 e. The molecule has 0 bridgehead atoms. The van der Waals surface area contributed by atoms with E-state index in [1.54, 1.807) is 13.2 Å². The first kappa shape index (κ1) is 39.7. The second-order valence-corrected chi connectivity index (χ2v) is 11.7. The molecule has 3 N–H and O–H groups in total. The summed E-state index contributed by atoms with van der Waals surface area (Å²) in [5.41, 5.74) is 11.5. The van der Waals surface area contributed by atoms with Crippen LogP contribution in [0.1, 0.15) is 58.1 Å². The first-order chi connectivity index (χ1) is 21.0. The van der Waals surface area contributed by atoms with Gasteiger partial charge in [0.25, 0.3) is 0 Å². The predicted molar refractivity (Wildman–Crippen MR) is 189 cm³/mol. The molecule has 0 aromatic heterocycles. The highest BCUT2D eigenvalue weighted by Crippen LogP contribution is 2.37. The van der Waals surface area contributed by atoms with E-state index in [1.165, 1.54) is 31.2 Å². The minimum absolute atomic E-state index is 0. The lowest BCUT2D eigenvalue weighted by molar-refractivity contribution is -0.385. The number of ether oxygens (including phenoxy) is 2. The summed E-state index contributed by atoms with van der Waals surface area (Å²) in [5.74, 6) is 1.12. The Labute approximate surface area is 272 Å². The normalized spacial score (nSPS) is 15.5. The quantitative estimate of drug-likeness (QED) is 0.214. The lowest BCUT2D eigenvalue weighted by Crippen LogP contribution is -2.42. The summed E-state index contributed by atoms with van der Waals surface area (Å²) in [5, 5.41) is 18.2. The number of nitrogens with two attached hydrogens (primary N) is 1. The van der Waals surface area contributed by atoms with Gasteiger partial charge in [0.2, 0.25) is 0 Å². The van der Waals surface area contributed by atoms with Crippen molar-refractivity contribution in [3.8, 4) is 11.5 Å². The lowest BCUT2D eigenvalue weighted by Gasteiger charge is -2.37. The molecule has 0 radical (unpaired) electrons. The molecule has 2 aliphatic heterocycles. The van der Waals surface area contributed by atoms with Crippen LogP contribution in [-0.4, -0.2) is 108 Å². The van der Waals surface area contributed by atoms with E-state index >= 15 is 0 Å². The zero-order valence-electron chi connectivity index (χ0n) is 28.4. The third-order valence-electron chi connectivity index (χ3n) is 8.84. The van der Waals surface area contributed by atoms with Crippen molar-refractivity contribution in [3.63, 3.8) is 0 Å². The highest BCUT2D eigenvalue weighted by atomic mass is 16.6. The molecular formula is C34H60N6O5. The fraction of sp³-hybridized carbons (Fsp3) is 0.647. The molecule has 0 unspecified atom stereocenters. The first-order valence-electron chi connectivity index (χ1n) is 15.6. The van der Waals surface area contributed by atoms with Gasteiger partial charge < -0.3 is 39.9 Å². The Hall–Kier alpha value is -3.28. The number of piperidine rings is 2. The minimum atomic E-state index is -0.375. The summed E-state index contributed by atoms with van der Waals surface area (Å²) in [6.07, 6.45) is 6.40. The maximum atomic E-state index is 11.2. The Morgan fingerprint density at radius 3 is 1.51 bits per heavy atom. The zero-order chi connectivity index (χ0) is 33.0. The summed E-state index contributed by atoms with van der Waals surface area (Å²) in [6, 6.07) is 8.96. The number of methoxy groups -OCH3 is 2. The Morgan fingerprint density at radius 1 is 0.800 bits per heavy atom. The molecule has 0 atom stereocenters. The van der Waals surface area contributed by atoms with Gasteiger partial charge in [-0.25, -0.2) is 0 Å². The van der Waals surface area contributed by atoms with E-state index in [0.717, 1.165) is 81.7 Å². The maximum absolute atomic E-state index is 11.2. The molecule has 0 saturated carbocycles. The molecule has 2 heterocycles. The molecule has 2 aromatic rings. The third-order valence-corrected chi connectivity index (χ3v) is 8.84. The second-order valence-electron chi connectivity index (χ2n) is 11.7. The number of hydrogen-bond acceptors (Lipinski definition) is 10. The number of benzene rings is 2. The molecule has 2 aliphatic rings. The van der Waals surface area contributed by atoms with Crippen molar-refractivity contribution in [2.75, 3.05) is 91.2 Å². The molecule has 4 rings (SSSR count). The van der Waals surface area contributed by atoms with Crippen molar-refractivity contribution < 1.29 is 19.5 Å². The third kappa shape index (κ3) is 10.4. The van der Waals surface area contributed by atoms with Gasteiger partial charge in [0, 0.05) is 74.9 Å². The summed E-state index contributed by atoms with van der Waals surface area (Å²) in [7, 11) is 12.7. The van der Waals surface area contributed by atoms with Crippen LogP contribution in [0.3, 0.4) is 0 Å². The number of nitro groups is 1. The van der Waals surface area contributed by atoms with Gasteiger partial charge >= 0.3 is 5.69 Å². The molecule has 11 heteroatoms. The first-order valence-corrected chi connectivity index (χ1v) is 15.6. The van der Waals surface area contributed by atoms with Crippen molar-refractivity contribution in [2.45, 2.75) is 71.9 Å². The summed E-state index contributed by atoms with van der Waals surface area (Å²) in [4.78, 5) is 20.2. The molecular weight excluding hydrogens is 572 g/mol. The van der Waals surface area contributed by atoms with Crippen LogP contribution in [0.25, 0.3) is 0 Å². The van der Waals surface area contributed by atoms with Crippen molar-refractivity contribution in [1.29, 1.82) is 0 Å². The molecule has 45 heavy (non-hydrogen) atoms. The van der Waals surface area contributed by atoms with Crippen LogP contribution in [0.15, 0.2) is 24.3 Å². The van der Waals surface area contributed by atoms with E-state index in [-0.39, 0.29) is 18.0 Å². The van der Waals surface area contributed by atoms with Gasteiger partial charge in [0.15, 0.2) is 5.75 Å². The minimum Gasteiger partial charge on any atom is -0.495 e. The van der Waals surface area contributed by atoms with Crippen LogP contribution in [0.5, 0.6) is 11.5 Å². The molecule has 2 saturated heterocycles. The van der Waals surface area contributed by atoms with Gasteiger partial charge in [-0.1, -0.05) is 21.3 Å². The van der Waals surface area contributed by atoms with E-state index < -0.39 is 0 Å². The molecule has 11 nitrogen and oxygen atoms in total. The van der Waals surface area contributed by atoms with Crippen LogP contribution in [-0.2, 0) is 12.8 Å². The number of nitrogens with zero attached hydrogens (tertiary/aromatic N) is 5. The lowest BCUT2D eigenvalue weighted by atomic mass is 10.0. The standard InChI is InChI=1S/C16H25N3O3.C16H27N3O.CH4O.CH4/c1-5-12-10-15(19(20)21)16(22-4)11-14(12)18-8-6-13(7-9-18)17(2)3;1-5-12-10-14(17)16(20-4)11-15(12)19-8-6-13(7-9-19)18(2)3;1-2;/h10-11,13H,5-9H2,1-4H3;10-11,13H,5-9,17H2,1-4H3;2H,1H3;1H4. The van der Waals surface area contributed by atoms with Gasteiger partial charge in [-0.05, 0) is 83.9 Å². The zero-order valence-corrected chi connectivity index (χ0v) is 28.4. The van der Waals surface area contributed by atoms with Crippen molar-refractivity contribution in [1.82, 2.24) is 9.80 Å². The van der Waals surface area contributed by atoms with Crippen molar-refractivity contribution in [3.05, 3.63) is 45.5 Å². The average molecular weight is 633 g/mol. The van der Waals surface area contributed by atoms with E-state index in [0.29, 0.717) is 17.8 Å². The number of rotatable bonds is 9. The monoisotopic (exact) mass is 632 g/mol. The fourth-order valence-corrected chi connectivity index (χ4v) is 6.12. The number of aryl methyl sites for hydroxylation is 2. The number of hydrogen-bond donors (Lipinski definition) is 2. The van der Waals surface area contributed by atoms with Gasteiger partial charge in [0.1, 0.15) is 5.75 Å². The molecule has 0 amide bonds. The van der Waals surface area contributed by atoms with Gasteiger partial charge in [-0.2, -0.15) is 0 Å². The van der Waals surface area contributed by atoms with Crippen LogP contribution < -0.4 is 25.0 Å². The Morgan fingerprint density at radius 2 is 1.18 bits per heavy atom. The summed E-state index contributed by atoms with van der Waals surface area (Å²) in [6.45, 7) is 8.35. The summed E-state index contributed by atoms with van der Waals surface area (Å²) < 4.78 is 10.6. The van der Waals surface area contributed by atoms with E-state index in [4.69, 9.17) is 20.3 Å². The maximum Gasteiger partial charge on any atom is 0.311 e. The number of nitrogen functional groups attached to an aromatic ring is 1. The Kier molecular flexibility index (Phi) is 17.0. The molecule has 2 aromatic carbocycles. The van der Waals surface area contributed by atoms with Crippen LogP contribution in [0.4, 0.5) is 22.7 Å². The molecule has 0 aliphatic carbocycles. The van der Waals surface area contributed by atoms with E-state index in [1.807, 2.05) is 13.0 Å². The van der Waals surface area contributed by atoms with Crippen molar-refractivity contribution in [2.24, 2.45) is 0 Å². The Bertz CT molecular complexity index is 1180. The topological polar surface area (TPSA) is 121 Å². The molecule has 0 spiro atoms. The van der Waals surface area contributed by atoms with Crippen LogP contribution in [0, 0.1) is 10.1 Å². The van der Waals surface area contributed by atoms with Gasteiger partial charge in [0.05, 0.1) is 24.8 Å². The van der Waals surface area contributed by atoms with E-state index in [9.17, 15) is 10.1 Å². The van der Waals surface area contributed by atoms with Gasteiger partial charge in [-0.3, -0.25) is 10.1 Å². The van der Waals surface area contributed by atoms with E-state index in [2.05, 4.69) is 66.8 Å². The number of anilines is 3. The molecule has 2 fully saturated rings. The molecule has 256 valence electrons. The van der Waals surface area contributed by atoms with Crippen molar-refractivity contribution >= 4 is 22.7 Å². The van der Waals surface area contributed by atoms with Crippen LogP contribution in [0.2, 0.25) is 0 Å². The number of aliphatic hydroxyl groups excluding tert-OH is 1. The van der Waals surface area contributed by atoms with Crippen LogP contribution >= 0.6 is 0 Å². The number of aliphatic hydroxyl groups is 1. The average Bonchev–Trinajstić information content (AvgIpc) is 3.05.